The fourth-order valence-corrected chi connectivity index (χ4v) is 7.58. The van der Waals surface area contributed by atoms with Crippen molar-refractivity contribution < 1.29 is 48.3 Å². The molecule has 24 N–H and O–H groups in total. The molecule has 2 rings (SSSR count). The Hall–Kier alpha value is -6.59. The van der Waals surface area contributed by atoms with Crippen LogP contribution in [0.1, 0.15) is 89.7 Å². The summed E-state index contributed by atoms with van der Waals surface area (Å²) < 4.78 is 0. The van der Waals surface area contributed by atoms with Gasteiger partial charge in [0.25, 0.3) is 0 Å². The Bertz CT molecular complexity index is 2000. The summed E-state index contributed by atoms with van der Waals surface area (Å²) in [7, 11) is 0. The van der Waals surface area contributed by atoms with Crippen molar-refractivity contribution in [2.75, 3.05) is 45.8 Å². The largest absolute Gasteiger partial charge is 0.389 e. The number of guanidine groups is 1. The lowest BCUT2D eigenvalue weighted by molar-refractivity contribution is -0.142. The van der Waals surface area contributed by atoms with Crippen LogP contribution >= 0.6 is 0 Å². The number of unbranched alkanes of at least 4 members (excludes halogenated alkanes) is 1. The third kappa shape index (κ3) is 21.8. The van der Waals surface area contributed by atoms with Crippen LogP contribution in [-0.2, 0) is 49.6 Å². The Morgan fingerprint density at radius 3 is 2.12 bits per heavy atom. The van der Waals surface area contributed by atoms with Gasteiger partial charge in [0, 0.05) is 49.9 Å². The molecule has 1 aromatic heterocycles. The van der Waals surface area contributed by atoms with Crippen molar-refractivity contribution in [2.24, 2.45) is 50.9 Å². The van der Waals surface area contributed by atoms with Gasteiger partial charge < -0.3 is 92.8 Å². The Morgan fingerprint density at radius 2 is 1.50 bits per heavy atom. The molecule has 0 aromatic carbocycles. The normalized spacial score (nSPS) is 16.4. The minimum atomic E-state index is -1.56. The van der Waals surface area contributed by atoms with E-state index in [2.05, 4.69) is 46.9 Å². The number of hydrogen-bond donors (Lipinski definition) is 16. The van der Waals surface area contributed by atoms with Gasteiger partial charge in [-0.15, -0.1) is 0 Å². The number of hydrogen-bond acceptors (Lipinski definition) is 17. The van der Waals surface area contributed by atoms with Crippen molar-refractivity contribution in [1.82, 2.24) is 46.8 Å². The van der Waals surface area contributed by atoms with E-state index in [1.54, 1.807) is 6.08 Å². The summed E-state index contributed by atoms with van der Waals surface area (Å²) in [6.45, 7) is 1.34. The van der Waals surface area contributed by atoms with Gasteiger partial charge >= 0.3 is 0 Å². The maximum absolute atomic E-state index is 14.2. The number of nitrogens with one attached hydrogen (secondary N) is 7. The summed E-state index contributed by atoms with van der Waals surface area (Å²) in [4.78, 5) is 132. The van der Waals surface area contributed by atoms with Crippen molar-refractivity contribution in [2.45, 2.75) is 139 Å². The number of amides is 8. The van der Waals surface area contributed by atoms with Crippen LogP contribution in [-0.4, -0.2) is 173 Å². The molecule has 1 aliphatic heterocycles. The van der Waals surface area contributed by atoms with E-state index in [9.17, 15) is 48.3 Å². The first kappa shape index (κ1) is 61.5. The van der Waals surface area contributed by atoms with Crippen LogP contribution in [0.15, 0.2) is 29.2 Å². The van der Waals surface area contributed by atoms with Crippen molar-refractivity contribution in [3.8, 4) is 0 Å². The fraction of sp³-hybridized carbons (Fsp3) is 0.659. The smallest absolute Gasteiger partial charge is 0.245 e. The number of nitrogens with two attached hydrogens (primary N) is 8. The molecule has 0 saturated carbocycles. The summed E-state index contributed by atoms with van der Waals surface area (Å²) in [6.07, 6.45) is 5.78. The molecule has 28 heteroatoms. The van der Waals surface area contributed by atoms with E-state index in [0.29, 0.717) is 37.9 Å². The standard InChI is InChI=1S/C44H78N18O10/c1-25(57-42(71)36(34(64)21-48)61-39(68)28(49)9-4-16-46)38(67)55-23-35(65)58-30(11-5-17-47)43(72)62-19-7-12-32(62)41(70)60-31(20-27-22-53-24-56-27)40(69)59-29(10-2-3-15-45)33(63)14-13-26(37(50)66)8-6-18-54-44(51)52/h8,22,24-25,28-32,34,36,64H,2-7,9-21,23,45-49H2,1H3,(H2,50,66)(H,53,56)(H,55,67)(H,57,71)(H,58,65)(H,59,69)(H,60,70)(H,61,68)(H4,51,52,54)/b26-8+/t25-,28-,29-,30+,31-,32-,34-,36-/m0/s1. The number of carbonyl (C=O) groups excluding carboxylic acids is 9. The first-order valence-corrected chi connectivity index (χ1v) is 24.1. The highest BCUT2D eigenvalue weighted by molar-refractivity contribution is 5.98. The first-order valence-electron chi connectivity index (χ1n) is 24.1. The molecule has 28 nitrogen and oxygen atoms in total. The predicted octanol–water partition coefficient (Wildman–Crippen LogP) is -6.82. The van der Waals surface area contributed by atoms with Crippen LogP contribution in [0.4, 0.5) is 0 Å². The van der Waals surface area contributed by atoms with Crippen LogP contribution in [0.25, 0.3) is 0 Å². The van der Waals surface area contributed by atoms with Gasteiger partial charge in [-0.25, -0.2) is 4.98 Å². The highest BCUT2D eigenvalue weighted by atomic mass is 16.3. The van der Waals surface area contributed by atoms with Crippen molar-refractivity contribution >= 4 is 59.0 Å². The van der Waals surface area contributed by atoms with Crippen molar-refractivity contribution in [3.05, 3.63) is 29.9 Å². The van der Waals surface area contributed by atoms with Crippen molar-refractivity contribution in [1.29, 1.82) is 0 Å². The molecule has 1 saturated heterocycles. The summed E-state index contributed by atoms with van der Waals surface area (Å²) in [5.74, 6) is -6.54. The monoisotopic (exact) mass is 1020 g/mol. The topological polar surface area (TPSA) is 498 Å². The highest BCUT2D eigenvalue weighted by Crippen LogP contribution is 2.21. The Labute approximate surface area is 418 Å². The van der Waals surface area contributed by atoms with Gasteiger partial charge in [-0.3, -0.25) is 48.1 Å². The third-order valence-electron chi connectivity index (χ3n) is 11.6. The molecule has 8 atom stereocenters. The molecule has 2 heterocycles. The second kappa shape index (κ2) is 33.1. The number of H-pyrrole nitrogens is 1. The number of carbonyl (C=O) groups is 9. The number of ketones is 1. The summed E-state index contributed by atoms with van der Waals surface area (Å²) in [5.41, 5.74) is 45.3. The van der Waals surface area contributed by atoms with Crippen LogP contribution < -0.4 is 77.8 Å². The van der Waals surface area contributed by atoms with E-state index < -0.39 is 115 Å². The maximum Gasteiger partial charge on any atom is 0.245 e. The molecule has 1 fully saturated rings. The first-order chi connectivity index (χ1) is 34.3. The number of primary amides is 1. The number of imidazole rings is 1. The molecule has 1 aromatic rings. The molecule has 72 heavy (non-hydrogen) atoms. The van der Waals surface area contributed by atoms with E-state index in [0.717, 1.165) is 0 Å². The lowest BCUT2D eigenvalue weighted by atomic mass is 9.98. The molecular weight excluding hydrogens is 941 g/mol. The molecule has 1 aliphatic rings. The van der Waals surface area contributed by atoms with E-state index >= 15 is 0 Å². The van der Waals surface area contributed by atoms with Gasteiger partial charge in [-0.1, -0.05) is 6.08 Å². The molecule has 0 radical (unpaired) electrons. The van der Waals surface area contributed by atoms with Gasteiger partial charge in [0.2, 0.25) is 47.3 Å². The number of aromatic amines is 1. The average molecular weight is 1020 g/mol. The summed E-state index contributed by atoms with van der Waals surface area (Å²) >= 11 is 0. The van der Waals surface area contributed by atoms with Crippen LogP contribution in [0.5, 0.6) is 0 Å². The second-order valence-electron chi connectivity index (χ2n) is 17.4. The average Bonchev–Trinajstić information content (AvgIpc) is 4.07. The Morgan fingerprint density at radius 1 is 0.819 bits per heavy atom. The molecule has 0 unspecified atom stereocenters. The van der Waals surface area contributed by atoms with Gasteiger partial charge in [-0.2, -0.15) is 0 Å². The number of likely N-dealkylation sites (tertiary alicyclic amines) is 1. The van der Waals surface area contributed by atoms with Gasteiger partial charge in [0.1, 0.15) is 30.2 Å². The van der Waals surface area contributed by atoms with E-state index in [4.69, 9.17) is 45.9 Å². The van der Waals surface area contributed by atoms with Gasteiger partial charge in [0.15, 0.2) is 11.7 Å². The molecular formula is C44H78N18O10. The quantitative estimate of drug-likeness (QED) is 0.0130. The third-order valence-corrected chi connectivity index (χ3v) is 11.6. The lowest BCUT2D eigenvalue weighted by Crippen LogP contribution is -2.60. The van der Waals surface area contributed by atoms with Gasteiger partial charge in [-0.05, 0) is 97.2 Å². The number of Topliss-reactive ketones (excluding diaryl/α,β-unsaturated/α-hetero) is 1. The zero-order chi connectivity index (χ0) is 53.8. The van der Waals surface area contributed by atoms with E-state index in [-0.39, 0.29) is 95.5 Å². The number of rotatable bonds is 35. The maximum atomic E-state index is 14.2. The minimum absolute atomic E-state index is 0.0153. The zero-order valence-electron chi connectivity index (χ0n) is 41.1. The molecule has 0 bridgehead atoms. The van der Waals surface area contributed by atoms with Crippen molar-refractivity contribution in [3.63, 3.8) is 0 Å². The fourth-order valence-electron chi connectivity index (χ4n) is 7.58. The number of aromatic nitrogens is 2. The van der Waals surface area contributed by atoms with Gasteiger partial charge in [0.05, 0.1) is 31.1 Å². The van der Waals surface area contributed by atoms with Crippen LogP contribution in [0, 0.1) is 0 Å². The van der Waals surface area contributed by atoms with E-state index in [1.807, 2.05) is 0 Å². The predicted molar refractivity (Wildman–Crippen MR) is 265 cm³/mol. The van der Waals surface area contributed by atoms with Crippen LogP contribution in [0.2, 0.25) is 0 Å². The second-order valence-corrected chi connectivity index (χ2v) is 17.4. The minimum Gasteiger partial charge on any atom is -0.389 e. The molecule has 8 amide bonds. The molecule has 0 spiro atoms. The highest BCUT2D eigenvalue weighted by Gasteiger charge is 2.39. The Kier molecular flexibility index (Phi) is 28.3. The Balaban J connectivity index is 2.19. The van der Waals surface area contributed by atoms with Crippen LogP contribution in [0.3, 0.4) is 0 Å². The summed E-state index contributed by atoms with van der Waals surface area (Å²) in [5, 5.41) is 25.6. The number of aliphatic hydroxyl groups is 1. The number of aliphatic imine (C=N–C) groups is 1. The number of nitrogens with zero attached hydrogens (tertiary/aromatic N) is 3. The number of aliphatic hydroxyl groups excluding tert-OH is 1. The molecule has 0 aliphatic carbocycles. The zero-order valence-corrected chi connectivity index (χ0v) is 41.1. The molecule has 404 valence electrons. The SMILES string of the molecule is C[C@H](NC(=O)[C@@H](NC(=O)[C@@H](N)CCCN)[C@@H](O)CN)C(=O)NCC(=O)N[C@H](CCCN)C(=O)N1CCC[C@H]1C(=O)N[C@@H](Cc1cnc[nH]1)C(=O)N[C@@H](CCCCN)C(=O)CC/C(=C\CCN=C(N)N)C(N)=O. The van der Waals surface area contributed by atoms with E-state index in [1.165, 1.54) is 24.3 Å². The summed E-state index contributed by atoms with van der Waals surface area (Å²) in [6, 6.07) is -8.41. The lowest BCUT2D eigenvalue weighted by Gasteiger charge is -2.30.